The third-order valence-corrected chi connectivity index (χ3v) is 4.94. The Bertz CT molecular complexity index is 1070. The zero-order valence-corrected chi connectivity index (χ0v) is 14.0. The Morgan fingerprint density at radius 1 is 1.20 bits per heavy atom. The van der Waals surface area contributed by atoms with E-state index in [4.69, 9.17) is 11.6 Å². The molecule has 4 rings (SSSR count). The SMILES string of the molecule is O=C(NCc1ccccc1Cl)c1c(O)c2cccc3c2n(c1=O)CC3. The van der Waals surface area contributed by atoms with Crippen molar-refractivity contribution in [3.63, 3.8) is 0 Å². The Kier molecular flexibility index (Phi) is 3.73. The molecular weight excluding hydrogens is 340 g/mol. The van der Waals surface area contributed by atoms with Crippen molar-refractivity contribution in [1.82, 2.24) is 9.88 Å². The highest BCUT2D eigenvalue weighted by Crippen LogP contribution is 2.32. The summed E-state index contributed by atoms with van der Waals surface area (Å²) in [6.07, 6.45) is 0.719. The van der Waals surface area contributed by atoms with Crippen molar-refractivity contribution in [1.29, 1.82) is 0 Å². The van der Waals surface area contributed by atoms with E-state index in [1.54, 1.807) is 28.8 Å². The second-order valence-corrected chi connectivity index (χ2v) is 6.42. The van der Waals surface area contributed by atoms with Crippen molar-refractivity contribution in [3.05, 3.63) is 74.5 Å². The van der Waals surface area contributed by atoms with E-state index in [1.807, 2.05) is 18.2 Å². The molecule has 126 valence electrons. The van der Waals surface area contributed by atoms with Crippen LogP contribution in [0.4, 0.5) is 0 Å². The standard InChI is InChI=1S/C19H15ClN2O3/c20-14-7-2-1-4-12(14)10-21-18(24)15-17(23)13-6-3-5-11-8-9-22(16(11)13)19(15)25/h1-7,23H,8-10H2,(H,21,24). The number of nitrogens with one attached hydrogen (secondary N) is 1. The Balaban J connectivity index is 1.74. The van der Waals surface area contributed by atoms with Crippen LogP contribution in [0, 0.1) is 0 Å². The molecule has 0 radical (unpaired) electrons. The molecule has 0 unspecified atom stereocenters. The monoisotopic (exact) mass is 354 g/mol. The van der Waals surface area contributed by atoms with Crippen molar-refractivity contribution >= 4 is 28.4 Å². The van der Waals surface area contributed by atoms with Gasteiger partial charge < -0.3 is 15.0 Å². The minimum Gasteiger partial charge on any atom is -0.506 e. The number of hydrogen-bond donors (Lipinski definition) is 2. The Morgan fingerprint density at radius 2 is 2.00 bits per heavy atom. The van der Waals surface area contributed by atoms with Gasteiger partial charge in [0.05, 0.1) is 5.52 Å². The smallest absolute Gasteiger partial charge is 0.267 e. The fraction of sp³-hybridized carbons (Fsp3) is 0.158. The lowest BCUT2D eigenvalue weighted by Crippen LogP contribution is -2.32. The first-order chi connectivity index (χ1) is 12.1. The van der Waals surface area contributed by atoms with E-state index < -0.39 is 11.5 Å². The number of benzene rings is 2. The van der Waals surface area contributed by atoms with Gasteiger partial charge in [-0.15, -0.1) is 0 Å². The van der Waals surface area contributed by atoms with Crippen LogP contribution >= 0.6 is 11.6 Å². The highest BCUT2D eigenvalue weighted by Gasteiger charge is 2.25. The molecule has 2 aromatic carbocycles. The van der Waals surface area contributed by atoms with Crippen molar-refractivity contribution in [2.24, 2.45) is 0 Å². The molecule has 6 heteroatoms. The van der Waals surface area contributed by atoms with E-state index in [9.17, 15) is 14.7 Å². The summed E-state index contributed by atoms with van der Waals surface area (Å²) in [5.74, 6) is -0.873. The molecular formula is C19H15ClN2O3. The number of aromatic nitrogens is 1. The van der Waals surface area contributed by atoms with Crippen LogP contribution in [-0.4, -0.2) is 15.6 Å². The summed E-state index contributed by atoms with van der Waals surface area (Å²) in [7, 11) is 0. The molecule has 1 aliphatic heterocycles. The van der Waals surface area contributed by atoms with Gasteiger partial charge >= 0.3 is 0 Å². The number of halogens is 1. The van der Waals surface area contributed by atoms with Crippen molar-refractivity contribution in [3.8, 4) is 5.75 Å². The molecule has 0 saturated carbocycles. The van der Waals surface area contributed by atoms with Crippen molar-refractivity contribution in [2.45, 2.75) is 19.5 Å². The van der Waals surface area contributed by atoms with Gasteiger partial charge in [-0.1, -0.05) is 41.9 Å². The number of pyridine rings is 1. The first kappa shape index (κ1) is 15.7. The predicted molar refractivity (Wildman–Crippen MR) is 96.2 cm³/mol. The number of amides is 1. The molecule has 0 fully saturated rings. The van der Waals surface area contributed by atoms with Crippen LogP contribution in [0.3, 0.4) is 0 Å². The maximum Gasteiger partial charge on any atom is 0.267 e. The number of aromatic hydroxyl groups is 1. The minimum atomic E-state index is -0.606. The van der Waals surface area contributed by atoms with Crippen molar-refractivity contribution in [2.75, 3.05) is 0 Å². The van der Waals surface area contributed by atoms with Crippen LogP contribution in [0.1, 0.15) is 21.5 Å². The van der Waals surface area contributed by atoms with Gasteiger partial charge in [0.25, 0.3) is 11.5 Å². The minimum absolute atomic E-state index is 0.176. The molecule has 3 aromatic rings. The molecule has 0 bridgehead atoms. The summed E-state index contributed by atoms with van der Waals surface area (Å²) in [5, 5.41) is 14.3. The van der Waals surface area contributed by atoms with Crippen molar-refractivity contribution < 1.29 is 9.90 Å². The Morgan fingerprint density at radius 3 is 2.80 bits per heavy atom. The maximum absolute atomic E-state index is 12.7. The summed E-state index contributed by atoms with van der Waals surface area (Å²) in [6.45, 7) is 0.690. The number of carbonyl (C=O) groups is 1. The molecule has 2 heterocycles. The van der Waals surface area contributed by atoms with E-state index >= 15 is 0 Å². The molecule has 0 aliphatic carbocycles. The van der Waals surface area contributed by atoms with Crippen LogP contribution in [-0.2, 0) is 19.5 Å². The number of nitrogens with zero attached hydrogens (tertiary/aromatic N) is 1. The van der Waals surface area contributed by atoms with E-state index in [0.29, 0.717) is 22.5 Å². The number of aryl methyl sites for hydroxylation is 2. The lowest BCUT2D eigenvalue weighted by Gasteiger charge is -2.12. The Labute approximate surface area is 148 Å². The molecule has 2 N–H and O–H groups in total. The molecule has 1 amide bonds. The summed E-state index contributed by atoms with van der Waals surface area (Å²) < 4.78 is 1.56. The van der Waals surface area contributed by atoms with Crippen LogP contribution in [0.15, 0.2) is 47.3 Å². The molecule has 0 atom stereocenters. The van der Waals surface area contributed by atoms with Gasteiger partial charge in [-0.25, -0.2) is 0 Å². The third-order valence-electron chi connectivity index (χ3n) is 4.57. The lowest BCUT2D eigenvalue weighted by atomic mass is 10.1. The normalized spacial score (nSPS) is 12.5. The quantitative estimate of drug-likeness (QED) is 0.759. The first-order valence-electron chi connectivity index (χ1n) is 7.97. The van der Waals surface area contributed by atoms with Gasteiger partial charge in [0.15, 0.2) is 0 Å². The van der Waals surface area contributed by atoms with E-state index in [2.05, 4.69) is 5.32 Å². The maximum atomic E-state index is 12.7. The van der Waals surface area contributed by atoms with Crippen LogP contribution in [0.5, 0.6) is 5.75 Å². The number of hydrogen-bond acceptors (Lipinski definition) is 3. The van der Waals surface area contributed by atoms with Gasteiger partial charge in [0, 0.05) is 23.5 Å². The van der Waals surface area contributed by atoms with Crippen LogP contribution < -0.4 is 10.9 Å². The summed E-state index contributed by atoms with van der Waals surface area (Å²) in [6, 6.07) is 12.6. The number of para-hydroxylation sites is 1. The molecule has 25 heavy (non-hydrogen) atoms. The van der Waals surface area contributed by atoms with Gasteiger partial charge in [-0.2, -0.15) is 0 Å². The highest BCUT2D eigenvalue weighted by atomic mass is 35.5. The van der Waals surface area contributed by atoms with Gasteiger partial charge in [0.1, 0.15) is 11.3 Å². The number of carbonyl (C=O) groups excluding carboxylic acids is 1. The van der Waals surface area contributed by atoms with Gasteiger partial charge in [0.2, 0.25) is 0 Å². The molecule has 1 aromatic heterocycles. The first-order valence-corrected chi connectivity index (χ1v) is 8.34. The average Bonchev–Trinajstić information content (AvgIpc) is 3.04. The fourth-order valence-electron chi connectivity index (χ4n) is 3.33. The second kappa shape index (κ2) is 5.93. The average molecular weight is 355 g/mol. The van der Waals surface area contributed by atoms with E-state index in [-0.39, 0.29) is 17.9 Å². The predicted octanol–water partition coefficient (Wildman–Crippen LogP) is 2.85. The zero-order chi connectivity index (χ0) is 17.6. The Hall–Kier alpha value is -2.79. The van der Waals surface area contributed by atoms with E-state index in [0.717, 1.165) is 17.5 Å². The molecule has 0 spiro atoms. The number of rotatable bonds is 3. The second-order valence-electron chi connectivity index (χ2n) is 6.02. The highest BCUT2D eigenvalue weighted by molar-refractivity contribution is 6.31. The summed E-state index contributed by atoms with van der Waals surface area (Å²) in [5.41, 5.74) is 1.77. The molecule has 0 saturated heterocycles. The lowest BCUT2D eigenvalue weighted by molar-refractivity contribution is 0.0946. The van der Waals surface area contributed by atoms with Crippen LogP contribution in [0.2, 0.25) is 5.02 Å². The summed E-state index contributed by atoms with van der Waals surface area (Å²) in [4.78, 5) is 25.3. The largest absolute Gasteiger partial charge is 0.506 e. The topological polar surface area (TPSA) is 71.3 Å². The third kappa shape index (κ3) is 2.48. The molecule has 1 aliphatic rings. The zero-order valence-electron chi connectivity index (χ0n) is 13.3. The van der Waals surface area contributed by atoms with Gasteiger partial charge in [-0.05, 0) is 29.7 Å². The van der Waals surface area contributed by atoms with E-state index in [1.165, 1.54) is 0 Å². The molecule has 5 nitrogen and oxygen atoms in total. The fourth-order valence-corrected chi connectivity index (χ4v) is 3.53. The van der Waals surface area contributed by atoms with Gasteiger partial charge in [-0.3, -0.25) is 9.59 Å². The summed E-state index contributed by atoms with van der Waals surface area (Å²) >= 11 is 6.08. The van der Waals surface area contributed by atoms with Crippen LogP contribution in [0.25, 0.3) is 10.9 Å².